The lowest BCUT2D eigenvalue weighted by Crippen LogP contribution is -2.30. The van der Waals surface area contributed by atoms with Crippen molar-refractivity contribution in [3.8, 4) is 0 Å². The minimum Gasteiger partial charge on any atom is -0.480 e. The molecule has 1 saturated carbocycles. The summed E-state index contributed by atoms with van der Waals surface area (Å²) in [5.74, 6) is 0.0215. The third-order valence-corrected chi connectivity index (χ3v) is 3.70. The van der Waals surface area contributed by atoms with Crippen molar-refractivity contribution < 1.29 is 9.90 Å². The number of hydrogen-bond donors (Lipinski definition) is 1. The van der Waals surface area contributed by atoms with Crippen LogP contribution < -0.4 is 5.56 Å². The van der Waals surface area contributed by atoms with Gasteiger partial charge in [0, 0.05) is 12.3 Å². The highest BCUT2D eigenvalue weighted by Crippen LogP contribution is 2.39. The molecule has 7 nitrogen and oxygen atoms in total. The Morgan fingerprint density at radius 3 is 2.81 bits per heavy atom. The number of fused-ring (bicyclic) bond motifs is 1. The summed E-state index contributed by atoms with van der Waals surface area (Å²) in [6, 6.07) is 1.79. The lowest BCUT2D eigenvalue weighted by Gasteiger charge is -2.07. The van der Waals surface area contributed by atoms with Gasteiger partial charge in [-0.2, -0.15) is 10.2 Å². The first-order chi connectivity index (χ1) is 10.1. The predicted octanol–water partition coefficient (Wildman–Crippen LogP) is 1.20. The SMILES string of the molecule is CCCCc1nn(CC(=O)O)c(=O)c2cc(C3CC3)nn12. The highest BCUT2D eigenvalue weighted by molar-refractivity contribution is 5.66. The van der Waals surface area contributed by atoms with Crippen LogP contribution >= 0.6 is 0 Å². The van der Waals surface area contributed by atoms with Gasteiger partial charge in [0.25, 0.3) is 5.56 Å². The van der Waals surface area contributed by atoms with Gasteiger partial charge in [0.1, 0.15) is 12.1 Å². The number of rotatable bonds is 6. The summed E-state index contributed by atoms with van der Waals surface area (Å²) in [4.78, 5) is 23.2. The zero-order chi connectivity index (χ0) is 15.0. The third-order valence-electron chi connectivity index (χ3n) is 3.70. The third kappa shape index (κ3) is 2.68. The number of aliphatic carboxylic acids is 1. The van der Waals surface area contributed by atoms with Gasteiger partial charge in [0.15, 0.2) is 5.82 Å². The van der Waals surface area contributed by atoms with E-state index in [9.17, 15) is 9.59 Å². The van der Waals surface area contributed by atoms with Crippen LogP contribution in [-0.4, -0.2) is 30.5 Å². The summed E-state index contributed by atoms with van der Waals surface area (Å²) in [6.07, 6.45) is 4.80. The maximum Gasteiger partial charge on any atom is 0.325 e. The lowest BCUT2D eigenvalue weighted by molar-refractivity contribution is -0.138. The topological polar surface area (TPSA) is 89.5 Å². The van der Waals surface area contributed by atoms with E-state index in [-0.39, 0.29) is 0 Å². The molecule has 0 bridgehead atoms. The molecule has 0 spiro atoms. The van der Waals surface area contributed by atoms with Gasteiger partial charge in [-0.3, -0.25) is 9.59 Å². The van der Waals surface area contributed by atoms with Gasteiger partial charge in [-0.15, -0.1) is 0 Å². The predicted molar refractivity (Wildman–Crippen MR) is 75.5 cm³/mol. The molecular weight excluding hydrogens is 272 g/mol. The second-order valence-corrected chi connectivity index (χ2v) is 5.52. The minimum absolute atomic E-state index is 0.392. The molecule has 2 aromatic rings. The van der Waals surface area contributed by atoms with E-state index in [4.69, 9.17) is 5.11 Å². The van der Waals surface area contributed by atoms with Crippen LogP contribution in [0.3, 0.4) is 0 Å². The highest BCUT2D eigenvalue weighted by atomic mass is 16.4. The fourth-order valence-corrected chi connectivity index (χ4v) is 2.41. The van der Waals surface area contributed by atoms with Crippen molar-refractivity contribution in [3.05, 3.63) is 27.9 Å². The van der Waals surface area contributed by atoms with Crippen LogP contribution in [0.5, 0.6) is 0 Å². The van der Waals surface area contributed by atoms with Gasteiger partial charge in [0.2, 0.25) is 0 Å². The van der Waals surface area contributed by atoms with Crippen molar-refractivity contribution in [2.75, 3.05) is 0 Å². The maximum atomic E-state index is 12.3. The minimum atomic E-state index is -1.07. The Hall–Kier alpha value is -2.18. The Balaban J connectivity index is 2.13. The zero-order valence-electron chi connectivity index (χ0n) is 11.9. The molecule has 0 amide bonds. The number of carboxylic acid groups (broad SMARTS) is 1. The Labute approximate surface area is 121 Å². The molecule has 0 aliphatic heterocycles. The molecule has 2 aromatic heterocycles. The van der Waals surface area contributed by atoms with Gasteiger partial charge in [0.05, 0.1) is 5.69 Å². The largest absolute Gasteiger partial charge is 0.480 e. The maximum absolute atomic E-state index is 12.3. The number of aryl methyl sites for hydroxylation is 1. The molecule has 1 fully saturated rings. The van der Waals surface area contributed by atoms with Crippen LogP contribution in [0.25, 0.3) is 5.52 Å². The molecule has 7 heteroatoms. The highest BCUT2D eigenvalue weighted by Gasteiger charge is 2.27. The van der Waals surface area contributed by atoms with E-state index in [1.54, 1.807) is 10.6 Å². The van der Waals surface area contributed by atoms with E-state index in [1.165, 1.54) is 0 Å². The van der Waals surface area contributed by atoms with E-state index in [1.807, 2.05) is 0 Å². The quantitative estimate of drug-likeness (QED) is 0.863. The number of unbranched alkanes of at least 4 members (excludes halogenated alkanes) is 1. The molecule has 1 N–H and O–H groups in total. The van der Waals surface area contributed by atoms with Crippen molar-refractivity contribution in [2.45, 2.75) is 51.5 Å². The smallest absolute Gasteiger partial charge is 0.325 e. The Kier molecular flexibility index (Phi) is 3.48. The summed E-state index contributed by atoms with van der Waals surface area (Å²) < 4.78 is 2.63. The fourth-order valence-electron chi connectivity index (χ4n) is 2.41. The van der Waals surface area contributed by atoms with E-state index in [0.717, 1.165) is 36.1 Å². The molecule has 0 radical (unpaired) electrons. The second-order valence-electron chi connectivity index (χ2n) is 5.52. The zero-order valence-corrected chi connectivity index (χ0v) is 11.9. The average Bonchev–Trinajstić information content (AvgIpc) is 3.19. The monoisotopic (exact) mass is 290 g/mol. The van der Waals surface area contributed by atoms with Crippen molar-refractivity contribution >= 4 is 11.5 Å². The Morgan fingerprint density at radius 2 is 2.19 bits per heavy atom. The number of hydrogen-bond acceptors (Lipinski definition) is 4. The summed E-state index contributed by atoms with van der Waals surface area (Å²) in [5, 5.41) is 17.6. The van der Waals surface area contributed by atoms with Crippen molar-refractivity contribution in [1.29, 1.82) is 0 Å². The molecule has 1 aliphatic carbocycles. The second kappa shape index (κ2) is 5.31. The first kappa shape index (κ1) is 13.8. The van der Waals surface area contributed by atoms with Gasteiger partial charge < -0.3 is 5.11 Å². The number of carboxylic acids is 1. The van der Waals surface area contributed by atoms with Crippen LogP contribution in [-0.2, 0) is 17.8 Å². The van der Waals surface area contributed by atoms with E-state index in [2.05, 4.69) is 17.1 Å². The first-order valence-corrected chi connectivity index (χ1v) is 7.31. The Bertz CT molecular complexity index is 742. The van der Waals surface area contributed by atoms with Crippen molar-refractivity contribution in [2.24, 2.45) is 0 Å². The number of aromatic nitrogens is 4. The molecular formula is C14H18N4O3. The van der Waals surface area contributed by atoms with Crippen LogP contribution in [0.2, 0.25) is 0 Å². The summed E-state index contributed by atoms with van der Waals surface area (Å²) in [5.41, 5.74) is 0.955. The molecule has 21 heavy (non-hydrogen) atoms. The van der Waals surface area contributed by atoms with Crippen LogP contribution in [0, 0.1) is 0 Å². The van der Waals surface area contributed by atoms with Gasteiger partial charge in [-0.25, -0.2) is 9.20 Å². The molecule has 112 valence electrons. The number of nitrogens with zero attached hydrogens (tertiary/aromatic N) is 4. The molecule has 3 rings (SSSR count). The van der Waals surface area contributed by atoms with Gasteiger partial charge in [-0.05, 0) is 25.3 Å². The van der Waals surface area contributed by atoms with Crippen LogP contribution in [0.15, 0.2) is 10.9 Å². The normalized spacial score (nSPS) is 14.7. The van der Waals surface area contributed by atoms with E-state index < -0.39 is 18.1 Å². The van der Waals surface area contributed by atoms with Crippen LogP contribution in [0.1, 0.15) is 50.0 Å². The summed E-state index contributed by atoms with van der Waals surface area (Å²) in [7, 11) is 0. The van der Waals surface area contributed by atoms with Crippen molar-refractivity contribution in [1.82, 2.24) is 19.4 Å². The summed E-state index contributed by atoms with van der Waals surface area (Å²) in [6.45, 7) is 1.65. The van der Waals surface area contributed by atoms with Crippen LogP contribution in [0.4, 0.5) is 0 Å². The Morgan fingerprint density at radius 1 is 1.43 bits per heavy atom. The van der Waals surface area contributed by atoms with E-state index in [0.29, 0.717) is 23.7 Å². The number of carbonyl (C=O) groups is 1. The molecule has 0 aromatic carbocycles. The standard InChI is InChI=1S/C14H18N4O3/c1-2-3-4-12-16-17(8-13(19)20)14(21)11-7-10(9-5-6-9)15-18(11)12/h7,9H,2-6,8H2,1H3,(H,19,20). The van der Waals surface area contributed by atoms with Crippen molar-refractivity contribution in [3.63, 3.8) is 0 Å². The molecule has 0 unspecified atom stereocenters. The van der Waals surface area contributed by atoms with E-state index >= 15 is 0 Å². The molecule has 1 aliphatic rings. The molecule has 0 atom stereocenters. The first-order valence-electron chi connectivity index (χ1n) is 7.31. The van der Waals surface area contributed by atoms with Gasteiger partial charge >= 0.3 is 5.97 Å². The lowest BCUT2D eigenvalue weighted by atomic mass is 10.2. The molecule has 2 heterocycles. The summed E-state index contributed by atoms with van der Waals surface area (Å²) >= 11 is 0. The average molecular weight is 290 g/mol. The molecule has 0 saturated heterocycles. The van der Waals surface area contributed by atoms with Gasteiger partial charge in [-0.1, -0.05) is 13.3 Å². The fraction of sp³-hybridized carbons (Fsp3) is 0.571.